The molecule has 2 heterocycles. The number of amides is 1. The molecule has 0 spiro atoms. The van der Waals surface area contributed by atoms with Crippen LogP contribution in [-0.2, 0) is 21.8 Å². The van der Waals surface area contributed by atoms with Gasteiger partial charge in [0.1, 0.15) is 11.8 Å². The van der Waals surface area contributed by atoms with E-state index in [1.54, 1.807) is 7.05 Å². The molecule has 7 nitrogen and oxygen atoms in total. The second kappa shape index (κ2) is 6.28. The maximum absolute atomic E-state index is 12.0. The Hall–Kier alpha value is -1.85. The van der Waals surface area contributed by atoms with Crippen molar-refractivity contribution >= 4 is 15.9 Å². The summed E-state index contributed by atoms with van der Waals surface area (Å²) in [6.45, 7) is 0.553. The molecule has 0 bridgehead atoms. The van der Waals surface area contributed by atoms with Crippen molar-refractivity contribution in [2.24, 2.45) is 7.05 Å². The Morgan fingerprint density at radius 1 is 1.57 bits per heavy atom. The van der Waals surface area contributed by atoms with E-state index in [2.05, 4.69) is 0 Å². The second-order valence-corrected chi connectivity index (χ2v) is 6.80. The molecule has 1 unspecified atom stereocenters. The Morgan fingerprint density at radius 2 is 2.33 bits per heavy atom. The van der Waals surface area contributed by atoms with Crippen molar-refractivity contribution < 1.29 is 17.9 Å². The first-order valence-electron chi connectivity index (χ1n) is 6.64. The van der Waals surface area contributed by atoms with Crippen molar-refractivity contribution in [3.63, 3.8) is 0 Å². The normalized spacial score (nSPS) is 19.0. The number of ether oxygens (including phenoxy) is 1. The summed E-state index contributed by atoms with van der Waals surface area (Å²) in [5, 5.41) is 8.78. The van der Waals surface area contributed by atoms with Gasteiger partial charge in [-0.25, -0.2) is 13.1 Å². The van der Waals surface area contributed by atoms with E-state index in [0.29, 0.717) is 18.6 Å². The maximum Gasteiger partial charge on any atom is 0.281 e. The fraction of sp³-hybridized carbons (Fsp3) is 0.538. The van der Waals surface area contributed by atoms with Crippen molar-refractivity contribution in [2.75, 3.05) is 12.4 Å². The van der Waals surface area contributed by atoms with Crippen LogP contribution < -0.4 is 4.72 Å². The van der Waals surface area contributed by atoms with Gasteiger partial charge in [0, 0.05) is 19.9 Å². The SMILES string of the molecule is Cn1cc(C#N)cc1C(=O)NS(=O)(=O)CC1CCCCO1. The lowest BCUT2D eigenvalue weighted by atomic mass is 10.1. The zero-order valence-corrected chi connectivity index (χ0v) is 12.5. The van der Waals surface area contributed by atoms with E-state index in [1.807, 2.05) is 10.8 Å². The van der Waals surface area contributed by atoms with Crippen LogP contribution in [0.1, 0.15) is 35.3 Å². The topological polar surface area (TPSA) is 101 Å². The summed E-state index contributed by atoms with van der Waals surface area (Å²) < 4.78 is 32.8. The van der Waals surface area contributed by atoms with Crippen LogP contribution in [0.25, 0.3) is 0 Å². The highest BCUT2D eigenvalue weighted by molar-refractivity contribution is 7.90. The first kappa shape index (κ1) is 15.5. The molecule has 1 fully saturated rings. The van der Waals surface area contributed by atoms with Crippen LogP contribution in [-0.4, -0.2) is 37.4 Å². The zero-order chi connectivity index (χ0) is 15.5. The van der Waals surface area contributed by atoms with Crippen LogP contribution in [0.15, 0.2) is 12.3 Å². The van der Waals surface area contributed by atoms with Crippen LogP contribution >= 0.6 is 0 Å². The fourth-order valence-corrected chi connectivity index (χ4v) is 3.49. The molecule has 1 N–H and O–H groups in total. The minimum Gasteiger partial charge on any atom is -0.377 e. The number of nitrogens with zero attached hydrogens (tertiary/aromatic N) is 2. The van der Waals surface area contributed by atoms with Gasteiger partial charge in [-0.15, -0.1) is 0 Å². The van der Waals surface area contributed by atoms with Crippen LogP contribution in [0.2, 0.25) is 0 Å². The molecule has 1 aromatic rings. The van der Waals surface area contributed by atoms with Gasteiger partial charge >= 0.3 is 0 Å². The van der Waals surface area contributed by atoms with E-state index in [-0.39, 0.29) is 17.6 Å². The first-order chi connectivity index (χ1) is 9.91. The average molecular weight is 311 g/mol. The number of carbonyl (C=O) groups is 1. The summed E-state index contributed by atoms with van der Waals surface area (Å²) in [7, 11) is -2.19. The number of sulfonamides is 1. The van der Waals surface area contributed by atoms with Gasteiger partial charge in [-0.3, -0.25) is 4.79 Å². The van der Waals surface area contributed by atoms with Crippen molar-refractivity contribution in [3.8, 4) is 6.07 Å². The Bertz CT molecular complexity index is 666. The highest BCUT2D eigenvalue weighted by Crippen LogP contribution is 2.14. The molecule has 0 radical (unpaired) electrons. The van der Waals surface area contributed by atoms with Crippen molar-refractivity contribution in [1.29, 1.82) is 5.26 Å². The van der Waals surface area contributed by atoms with Gasteiger partial charge in [0.25, 0.3) is 5.91 Å². The lowest BCUT2D eigenvalue weighted by molar-refractivity contribution is 0.0304. The molecule has 0 saturated carbocycles. The van der Waals surface area contributed by atoms with Crippen LogP contribution in [0.3, 0.4) is 0 Å². The maximum atomic E-state index is 12.0. The summed E-state index contributed by atoms with van der Waals surface area (Å²) >= 11 is 0. The molecular formula is C13H17N3O4S. The zero-order valence-electron chi connectivity index (χ0n) is 11.7. The quantitative estimate of drug-likeness (QED) is 0.874. The second-order valence-electron chi connectivity index (χ2n) is 5.04. The van der Waals surface area contributed by atoms with E-state index >= 15 is 0 Å². The van der Waals surface area contributed by atoms with Gasteiger partial charge in [0.15, 0.2) is 0 Å². The van der Waals surface area contributed by atoms with Crippen LogP contribution in [0.5, 0.6) is 0 Å². The number of carbonyl (C=O) groups excluding carboxylic acids is 1. The smallest absolute Gasteiger partial charge is 0.281 e. The van der Waals surface area contributed by atoms with Crippen LogP contribution in [0, 0.1) is 11.3 Å². The number of hydrogen-bond donors (Lipinski definition) is 1. The van der Waals surface area contributed by atoms with E-state index in [0.717, 1.165) is 12.8 Å². The molecule has 0 aliphatic carbocycles. The third kappa shape index (κ3) is 4.06. The van der Waals surface area contributed by atoms with Gasteiger partial charge in [0.05, 0.1) is 17.4 Å². The van der Waals surface area contributed by atoms with E-state index < -0.39 is 15.9 Å². The number of nitrogens with one attached hydrogen (secondary N) is 1. The van der Waals surface area contributed by atoms with Gasteiger partial charge in [0.2, 0.25) is 10.0 Å². The number of rotatable bonds is 4. The molecule has 0 aromatic carbocycles. The third-order valence-corrected chi connectivity index (χ3v) is 4.60. The average Bonchev–Trinajstić information content (AvgIpc) is 2.80. The summed E-state index contributed by atoms with van der Waals surface area (Å²) in [6, 6.07) is 3.25. The predicted molar refractivity (Wildman–Crippen MR) is 75.0 cm³/mol. The Balaban J connectivity index is 2.03. The third-order valence-electron chi connectivity index (χ3n) is 3.29. The largest absolute Gasteiger partial charge is 0.377 e. The van der Waals surface area contributed by atoms with Gasteiger partial charge in [-0.1, -0.05) is 0 Å². The van der Waals surface area contributed by atoms with Gasteiger partial charge in [-0.05, 0) is 25.3 Å². The van der Waals surface area contributed by atoms with Crippen molar-refractivity contribution in [3.05, 3.63) is 23.5 Å². The molecule has 114 valence electrons. The summed E-state index contributed by atoms with van der Waals surface area (Å²) in [5.74, 6) is -0.969. The highest BCUT2D eigenvalue weighted by atomic mass is 32.2. The summed E-state index contributed by atoms with van der Waals surface area (Å²) in [6.07, 6.45) is 3.64. The Morgan fingerprint density at radius 3 is 2.90 bits per heavy atom. The number of aromatic nitrogens is 1. The monoisotopic (exact) mass is 311 g/mol. The molecule has 1 atom stereocenters. The minimum absolute atomic E-state index is 0.125. The lowest BCUT2D eigenvalue weighted by Crippen LogP contribution is -2.38. The van der Waals surface area contributed by atoms with E-state index in [1.165, 1.54) is 16.8 Å². The summed E-state index contributed by atoms with van der Waals surface area (Å²) in [5.41, 5.74) is 0.426. The molecule has 1 amide bonds. The molecule has 1 aromatic heterocycles. The molecule has 2 rings (SSSR count). The summed E-state index contributed by atoms with van der Waals surface area (Å²) in [4.78, 5) is 12.0. The molecule has 8 heteroatoms. The van der Waals surface area contributed by atoms with E-state index in [4.69, 9.17) is 10.00 Å². The molecular weight excluding hydrogens is 294 g/mol. The Labute approximate surface area is 123 Å². The highest BCUT2D eigenvalue weighted by Gasteiger charge is 2.25. The van der Waals surface area contributed by atoms with Crippen LogP contribution in [0.4, 0.5) is 0 Å². The number of nitriles is 1. The number of hydrogen-bond acceptors (Lipinski definition) is 5. The standard InChI is InChI=1S/C13H17N3O4S/c1-16-8-10(7-14)6-12(16)13(17)15-21(18,19)9-11-4-2-3-5-20-11/h6,8,11H,2-5,9H2,1H3,(H,15,17). The molecule has 1 saturated heterocycles. The molecule has 21 heavy (non-hydrogen) atoms. The van der Waals surface area contributed by atoms with E-state index in [9.17, 15) is 13.2 Å². The lowest BCUT2D eigenvalue weighted by Gasteiger charge is -2.22. The fourth-order valence-electron chi connectivity index (χ4n) is 2.27. The number of aryl methyl sites for hydroxylation is 1. The molecule has 1 aliphatic heterocycles. The predicted octanol–water partition coefficient (Wildman–Crippen LogP) is 0.525. The van der Waals surface area contributed by atoms with Crippen molar-refractivity contribution in [1.82, 2.24) is 9.29 Å². The molecule has 1 aliphatic rings. The van der Waals surface area contributed by atoms with Crippen molar-refractivity contribution in [2.45, 2.75) is 25.4 Å². The minimum atomic E-state index is -3.76. The van der Waals surface area contributed by atoms with Gasteiger partial charge in [-0.2, -0.15) is 5.26 Å². The first-order valence-corrected chi connectivity index (χ1v) is 8.29. The van der Waals surface area contributed by atoms with Gasteiger partial charge < -0.3 is 9.30 Å². The Kier molecular flexibility index (Phi) is 4.65.